The maximum atomic E-state index is 13.0. The van der Waals surface area contributed by atoms with E-state index in [2.05, 4.69) is 9.88 Å². The topological polar surface area (TPSA) is 49.6 Å². The summed E-state index contributed by atoms with van der Waals surface area (Å²) in [5.41, 5.74) is 1.92. The summed E-state index contributed by atoms with van der Waals surface area (Å²) < 4.78 is 5.84. The molecule has 0 fully saturated rings. The molecular formula is C24H27Cl2N3O2. The maximum absolute atomic E-state index is 13.0. The molecule has 0 saturated heterocycles. The summed E-state index contributed by atoms with van der Waals surface area (Å²) in [4.78, 5) is 21.3. The zero-order valence-corrected chi connectivity index (χ0v) is 19.4. The minimum Gasteiger partial charge on any atom is -0.441 e. The number of halogens is 2. The Kier molecular flexibility index (Phi) is 8.52. The van der Waals surface area contributed by atoms with Crippen molar-refractivity contribution >= 4 is 29.1 Å². The van der Waals surface area contributed by atoms with E-state index in [1.165, 1.54) is 0 Å². The minimum atomic E-state index is 0.0595. The number of aromatic nitrogens is 1. The first kappa shape index (κ1) is 23.3. The Morgan fingerprint density at radius 1 is 1.03 bits per heavy atom. The van der Waals surface area contributed by atoms with Crippen LogP contribution in [0.2, 0.25) is 10.0 Å². The summed E-state index contributed by atoms with van der Waals surface area (Å²) in [7, 11) is 4.05. The first-order valence-corrected chi connectivity index (χ1v) is 11.0. The van der Waals surface area contributed by atoms with Crippen LogP contribution < -0.4 is 0 Å². The molecule has 7 heteroatoms. The van der Waals surface area contributed by atoms with Crippen LogP contribution in [-0.4, -0.2) is 47.9 Å². The van der Waals surface area contributed by atoms with E-state index in [4.69, 9.17) is 27.6 Å². The molecule has 0 bridgehead atoms. The van der Waals surface area contributed by atoms with Crippen LogP contribution in [0.25, 0.3) is 11.3 Å². The molecule has 0 aliphatic carbocycles. The number of hydrogen-bond donors (Lipinski definition) is 0. The molecule has 1 amide bonds. The minimum absolute atomic E-state index is 0.0595. The third-order valence-corrected chi connectivity index (χ3v) is 5.65. The van der Waals surface area contributed by atoms with E-state index in [9.17, 15) is 4.79 Å². The first-order valence-electron chi connectivity index (χ1n) is 10.3. The van der Waals surface area contributed by atoms with E-state index in [-0.39, 0.29) is 5.91 Å². The van der Waals surface area contributed by atoms with Crippen molar-refractivity contribution in [2.45, 2.75) is 25.8 Å². The molecule has 164 valence electrons. The summed E-state index contributed by atoms with van der Waals surface area (Å²) in [6.07, 6.45) is 3.38. The van der Waals surface area contributed by atoms with E-state index in [0.29, 0.717) is 47.6 Å². The monoisotopic (exact) mass is 459 g/mol. The second-order valence-corrected chi connectivity index (χ2v) is 8.52. The summed E-state index contributed by atoms with van der Waals surface area (Å²) in [6, 6.07) is 15.3. The van der Waals surface area contributed by atoms with Gasteiger partial charge >= 0.3 is 0 Å². The molecule has 0 radical (unpaired) electrons. The molecule has 0 aliphatic heterocycles. The molecule has 0 spiro atoms. The second-order valence-electron chi connectivity index (χ2n) is 7.70. The smallest absolute Gasteiger partial charge is 0.223 e. The molecule has 0 N–H and O–H groups in total. The predicted octanol–water partition coefficient (Wildman–Crippen LogP) is 5.56. The highest BCUT2D eigenvalue weighted by atomic mass is 35.5. The third-order valence-electron chi connectivity index (χ3n) is 4.91. The van der Waals surface area contributed by atoms with Gasteiger partial charge in [0.15, 0.2) is 11.7 Å². The van der Waals surface area contributed by atoms with Crippen LogP contribution >= 0.6 is 23.2 Å². The fourth-order valence-electron chi connectivity index (χ4n) is 3.26. The van der Waals surface area contributed by atoms with Crippen LogP contribution in [-0.2, 0) is 17.8 Å². The van der Waals surface area contributed by atoms with E-state index >= 15 is 0 Å². The highest BCUT2D eigenvalue weighted by Crippen LogP contribution is 2.24. The molecule has 3 aromatic rings. The highest BCUT2D eigenvalue weighted by Gasteiger charge is 2.16. The van der Waals surface area contributed by atoms with Gasteiger partial charge in [-0.25, -0.2) is 4.98 Å². The molecule has 0 aliphatic rings. The first-order chi connectivity index (χ1) is 14.9. The molecule has 5 nitrogen and oxygen atoms in total. The highest BCUT2D eigenvalue weighted by molar-refractivity contribution is 6.42. The van der Waals surface area contributed by atoms with Crippen LogP contribution in [0.4, 0.5) is 0 Å². The summed E-state index contributed by atoms with van der Waals surface area (Å²) in [5.74, 6) is 1.33. The van der Waals surface area contributed by atoms with Gasteiger partial charge in [-0.05, 0) is 44.8 Å². The number of benzene rings is 2. The molecule has 2 aromatic carbocycles. The van der Waals surface area contributed by atoms with Gasteiger partial charge in [0.05, 0.1) is 16.2 Å². The molecule has 1 aromatic heterocycles. The Labute approximate surface area is 193 Å². The van der Waals surface area contributed by atoms with Crippen molar-refractivity contribution in [3.05, 3.63) is 76.2 Å². The number of nitrogens with zero attached hydrogens (tertiary/aromatic N) is 3. The van der Waals surface area contributed by atoms with Gasteiger partial charge < -0.3 is 14.2 Å². The van der Waals surface area contributed by atoms with Gasteiger partial charge in [-0.2, -0.15) is 0 Å². The second kappa shape index (κ2) is 11.3. The quantitative estimate of drug-likeness (QED) is 0.398. The van der Waals surface area contributed by atoms with Crippen LogP contribution in [0.3, 0.4) is 0 Å². The Morgan fingerprint density at radius 2 is 1.81 bits per heavy atom. The molecular weight excluding hydrogens is 433 g/mol. The third kappa shape index (κ3) is 7.10. The molecule has 1 heterocycles. The fraction of sp³-hybridized carbons (Fsp3) is 0.333. The Hall–Kier alpha value is -2.34. The van der Waals surface area contributed by atoms with E-state index < -0.39 is 0 Å². The van der Waals surface area contributed by atoms with Crippen LogP contribution in [0, 0.1) is 0 Å². The lowest BCUT2D eigenvalue weighted by Crippen LogP contribution is -2.33. The van der Waals surface area contributed by atoms with Gasteiger partial charge in [0.25, 0.3) is 0 Å². The maximum Gasteiger partial charge on any atom is 0.223 e. The molecule has 0 saturated carbocycles. The largest absolute Gasteiger partial charge is 0.441 e. The van der Waals surface area contributed by atoms with E-state index in [0.717, 1.165) is 24.1 Å². The van der Waals surface area contributed by atoms with Gasteiger partial charge in [0.1, 0.15) is 0 Å². The standard InChI is InChI=1S/C24H27Cl2N3O2/c1-28(2)13-6-14-29(17-18-9-10-20(25)21(26)15-18)24(30)12-11-23-27-16-22(31-23)19-7-4-3-5-8-19/h3-5,7-10,15-16H,6,11-14,17H2,1-2H3. The molecule has 31 heavy (non-hydrogen) atoms. The lowest BCUT2D eigenvalue weighted by Gasteiger charge is -2.24. The average Bonchev–Trinajstić information content (AvgIpc) is 3.23. The van der Waals surface area contributed by atoms with E-state index in [1.807, 2.05) is 61.5 Å². The van der Waals surface area contributed by atoms with Crippen LogP contribution in [0.1, 0.15) is 24.3 Å². The normalized spacial score (nSPS) is 11.1. The predicted molar refractivity (Wildman–Crippen MR) is 125 cm³/mol. The molecule has 3 rings (SSSR count). The average molecular weight is 460 g/mol. The van der Waals surface area contributed by atoms with Crippen molar-refractivity contribution in [3.8, 4) is 11.3 Å². The number of carbonyl (C=O) groups excluding carboxylic acids is 1. The van der Waals surface area contributed by atoms with Crippen LogP contribution in [0.5, 0.6) is 0 Å². The number of hydrogen-bond acceptors (Lipinski definition) is 4. The number of aryl methyl sites for hydroxylation is 1. The zero-order chi connectivity index (χ0) is 22.2. The van der Waals surface area contributed by atoms with Gasteiger partial charge in [-0.3, -0.25) is 4.79 Å². The SMILES string of the molecule is CN(C)CCCN(Cc1ccc(Cl)c(Cl)c1)C(=O)CCc1ncc(-c2ccccc2)o1. The Bertz CT molecular complexity index is 989. The summed E-state index contributed by atoms with van der Waals surface area (Å²) in [6.45, 7) is 2.06. The zero-order valence-electron chi connectivity index (χ0n) is 17.9. The summed E-state index contributed by atoms with van der Waals surface area (Å²) >= 11 is 12.2. The van der Waals surface area contributed by atoms with Gasteiger partial charge in [0, 0.05) is 31.5 Å². The number of carbonyl (C=O) groups is 1. The lowest BCUT2D eigenvalue weighted by molar-refractivity contribution is -0.132. The van der Waals surface area contributed by atoms with Crippen molar-refractivity contribution in [3.63, 3.8) is 0 Å². The number of oxazole rings is 1. The van der Waals surface area contributed by atoms with Gasteiger partial charge in [-0.15, -0.1) is 0 Å². The molecule has 0 unspecified atom stereocenters. The summed E-state index contributed by atoms with van der Waals surface area (Å²) in [5, 5.41) is 1.00. The van der Waals surface area contributed by atoms with Crippen molar-refractivity contribution in [2.24, 2.45) is 0 Å². The number of rotatable bonds is 10. The van der Waals surface area contributed by atoms with Gasteiger partial charge in [-0.1, -0.05) is 59.6 Å². The van der Waals surface area contributed by atoms with Crippen molar-refractivity contribution in [1.82, 2.24) is 14.8 Å². The molecule has 0 atom stereocenters. The Morgan fingerprint density at radius 3 is 2.52 bits per heavy atom. The number of amides is 1. The lowest BCUT2D eigenvalue weighted by atomic mass is 10.2. The van der Waals surface area contributed by atoms with Crippen molar-refractivity contribution in [2.75, 3.05) is 27.2 Å². The van der Waals surface area contributed by atoms with Gasteiger partial charge in [0.2, 0.25) is 5.91 Å². The Balaban J connectivity index is 1.63. The van der Waals surface area contributed by atoms with E-state index in [1.54, 1.807) is 12.3 Å². The van der Waals surface area contributed by atoms with Crippen molar-refractivity contribution in [1.29, 1.82) is 0 Å². The van der Waals surface area contributed by atoms with Crippen molar-refractivity contribution < 1.29 is 9.21 Å². The van der Waals surface area contributed by atoms with Crippen LogP contribution in [0.15, 0.2) is 59.1 Å². The fourth-order valence-corrected chi connectivity index (χ4v) is 3.58.